The van der Waals surface area contributed by atoms with Gasteiger partial charge in [0.05, 0.1) is 12.1 Å². The van der Waals surface area contributed by atoms with Gasteiger partial charge in [0.2, 0.25) is 17.7 Å². The highest BCUT2D eigenvalue weighted by molar-refractivity contribution is 6.28. The van der Waals surface area contributed by atoms with Crippen LogP contribution in [-0.4, -0.2) is 46.5 Å². The molecule has 1 aromatic carbocycles. The van der Waals surface area contributed by atoms with Gasteiger partial charge in [-0.05, 0) is 37.1 Å². The Hall–Kier alpha value is -2.41. The highest BCUT2D eigenvalue weighted by Gasteiger charge is 2.46. The fourth-order valence-electron chi connectivity index (χ4n) is 4.06. The molecule has 2 fully saturated rings. The molecule has 2 aliphatic rings. The van der Waals surface area contributed by atoms with Crippen molar-refractivity contribution in [2.24, 2.45) is 0 Å². The van der Waals surface area contributed by atoms with E-state index in [2.05, 4.69) is 5.32 Å². The van der Waals surface area contributed by atoms with E-state index in [0.717, 1.165) is 37.0 Å². The lowest BCUT2D eigenvalue weighted by molar-refractivity contribution is -0.139. The highest BCUT2D eigenvalue weighted by atomic mass is 35.5. The molecule has 150 valence electrons. The average molecular weight is 406 g/mol. The van der Waals surface area contributed by atoms with Crippen molar-refractivity contribution >= 4 is 46.6 Å². The van der Waals surface area contributed by atoms with Crippen molar-refractivity contribution in [2.45, 2.75) is 57.5 Å². The van der Waals surface area contributed by atoms with Gasteiger partial charge in [0, 0.05) is 18.7 Å². The SMILES string of the molecule is CC(=O)Nc1ccc(N2C(=O)C[C@@H](N(C(=O)CCl)C3CCCCC3)C2=O)cc1. The molecule has 0 radical (unpaired) electrons. The zero-order valence-corrected chi connectivity index (χ0v) is 16.6. The number of rotatable bonds is 5. The zero-order valence-electron chi connectivity index (χ0n) is 15.8. The van der Waals surface area contributed by atoms with Gasteiger partial charge in [-0.1, -0.05) is 19.3 Å². The Labute approximate surface area is 169 Å². The number of halogens is 1. The number of alkyl halides is 1. The normalized spacial score (nSPS) is 20.4. The van der Waals surface area contributed by atoms with Crippen LogP contribution >= 0.6 is 11.6 Å². The largest absolute Gasteiger partial charge is 0.326 e. The molecule has 0 unspecified atom stereocenters. The average Bonchev–Trinajstić information content (AvgIpc) is 2.97. The first kappa shape index (κ1) is 20.3. The molecule has 0 aromatic heterocycles. The van der Waals surface area contributed by atoms with Crippen LogP contribution in [0.15, 0.2) is 24.3 Å². The summed E-state index contributed by atoms with van der Waals surface area (Å²) in [6, 6.07) is 5.62. The monoisotopic (exact) mass is 405 g/mol. The zero-order chi connectivity index (χ0) is 20.3. The standard InChI is InChI=1S/C20H24ClN3O4/c1-13(25)22-14-7-9-16(10-8-14)24-18(26)11-17(20(24)28)23(19(27)12-21)15-5-3-2-4-6-15/h7-10,15,17H,2-6,11-12H2,1H3,(H,22,25)/t17-/m1/s1. The summed E-state index contributed by atoms with van der Waals surface area (Å²) in [4.78, 5) is 52.0. The van der Waals surface area contributed by atoms with Gasteiger partial charge in [0.25, 0.3) is 5.91 Å². The van der Waals surface area contributed by atoms with Gasteiger partial charge < -0.3 is 10.2 Å². The Kier molecular flexibility index (Phi) is 6.34. The number of nitrogens with zero attached hydrogens (tertiary/aromatic N) is 2. The molecule has 1 heterocycles. The maximum Gasteiger partial charge on any atom is 0.257 e. The van der Waals surface area contributed by atoms with Crippen LogP contribution in [0.2, 0.25) is 0 Å². The first-order valence-electron chi connectivity index (χ1n) is 9.54. The van der Waals surface area contributed by atoms with E-state index in [1.165, 1.54) is 6.92 Å². The third kappa shape index (κ3) is 4.19. The van der Waals surface area contributed by atoms with Crippen LogP contribution in [0.1, 0.15) is 45.4 Å². The predicted octanol–water partition coefficient (Wildman–Crippen LogP) is 2.68. The molecule has 1 saturated heterocycles. The molecule has 1 N–H and O–H groups in total. The van der Waals surface area contributed by atoms with Gasteiger partial charge in [-0.15, -0.1) is 11.6 Å². The molecule has 1 saturated carbocycles. The Bertz CT molecular complexity index is 774. The Morgan fingerprint density at radius 2 is 1.79 bits per heavy atom. The number of amides is 4. The molecule has 1 aromatic rings. The smallest absolute Gasteiger partial charge is 0.257 e. The molecule has 1 aliphatic heterocycles. The number of carbonyl (C=O) groups is 4. The molecule has 7 nitrogen and oxygen atoms in total. The number of hydrogen-bond donors (Lipinski definition) is 1. The topological polar surface area (TPSA) is 86.8 Å². The summed E-state index contributed by atoms with van der Waals surface area (Å²) < 4.78 is 0. The fraction of sp³-hybridized carbons (Fsp3) is 0.500. The first-order chi connectivity index (χ1) is 13.4. The second kappa shape index (κ2) is 8.73. The number of carbonyl (C=O) groups excluding carboxylic acids is 4. The van der Waals surface area contributed by atoms with Crippen LogP contribution in [-0.2, 0) is 19.2 Å². The minimum Gasteiger partial charge on any atom is -0.326 e. The lowest BCUT2D eigenvalue weighted by Gasteiger charge is -2.37. The molecule has 0 spiro atoms. The Morgan fingerprint density at radius 1 is 1.14 bits per heavy atom. The molecule has 3 rings (SSSR count). The van der Waals surface area contributed by atoms with Gasteiger partial charge in [0.1, 0.15) is 11.9 Å². The van der Waals surface area contributed by atoms with E-state index >= 15 is 0 Å². The van der Waals surface area contributed by atoms with E-state index in [1.54, 1.807) is 29.2 Å². The van der Waals surface area contributed by atoms with Crippen LogP contribution in [0.25, 0.3) is 0 Å². The summed E-state index contributed by atoms with van der Waals surface area (Å²) in [5.74, 6) is -1.46. The molecule has 4 amide bonds. The molecule has 1 aliphatic carbocycles. The van der Waals surface area contributed by atoms with E-state index < -0.39 is 11.9 Å². The minimum absolute atomic E-state index is 0.0363. The van der Waals surface area contributed by atoms with E-state index in [4.69, 9.17) is 11.6 Å². The lowest BCUT2D eigenvalue weighted by atomic mass is 9.92. The van der Waals surface area contributed by atoms with Gasteiger partial charge in [-0.3, -0.25) is 19.2 Å². The fourth-order valence-corrected chi connectivity index (χ4v) is 4.20. The Balaban J connectivity index is 1.82. The predicted molar refractivity (Wildman–Crippen MR) is 106 cm³/mol. The van der Waals surface area contributed by atoms with Crippen LogP contribution in [0.5, 0.6) is 0 Å². The second-order valence-electron chi connectivity index (χ2n) is 7.24. The maximum atomic E-state index is 13.1. The molecule has 8 heteroatoms. The second-order valence-corrected chi connectivity index (χ2v) is 7.51. The lowest BCUT2D eigenvalue weighted by Crippen LogP contribution is -2.51. The molecule has 28 heavy (non-hydrogen) atoms. The van der Waals surface area contributed by atoms with E-state index in [9.17, 15) is 19.2 Å². The van der Waals surface area contributed by atoms with Gasteiger partial charge >= 0.3 is 0 Å². The van der Waals surface area contributed by atoms with Crippen molar-refractivity contribution in [2.75, 3.05) is 16.1 Å². The van der Waals surface area contributed by atoms with Crippen LogP contribution in [0, 0.1) is 0 Å². The van der Waals surface area contributed by atoms with Crippen LogP contribution in [0.4, 0.5) is 11.4 Å². The van der Waals surface area contributed by atoms with Crippen molar-refractivity contribution in [3.63, 3.8) is 0 Å². The summed E-state index contributed by atoms with van der Waals surface area (Å²) in [5, 5.41) is 2.64. The number of benzene rings is 1. The molecular weight excluding hydrogens is 382 g/mol. The molecule has 1 atom stereocenters. The van der Waals surface area contributed by atoms with Crippen LogP contribution < -0.4 is 10.2 Å². The Morgan fingerprint density at radius 3 is 2.36 bits per heavy atom. The van der Waals surface area contributed by atoms with Crippen molar-refractivity contribution in [3.05, 3.63) is 24.3 Å². The van der Waals surface area contributed by atoms with Crippen molar-refractivity contribution < 1.29 is 19.2 Å². The maximum absolute atomic E-state index is 13.1. The van der Waals surface area contributed by atoms with Crippen molar-refractivity contribution in [1.29, 1.82) is 0 Å². The third-order valence-electron chi connectivity index (χ3n) is 5.27. The summed E-state index contributed by atoms with van der Waals surface area (Å²) in [6.45, 7) is 1.40. The third-order valence-corrected chi connectivity index (χ3v) is 5.50. The quantitative estimate of drug-likeness (QED) is 0.602. The summed E-state index contributed by atoms with van der Waals surface area (Å²) in [7, 11) is 0. The van der Waals surface area contributed by atoms with Crippen molar-refractivity contribution in [3.8, 4) is 0 Å². The van der Waals surface area contributed by atoms with E-state index in [-0.39, 0.29) is 36.1 Å². The highest BCUT2D eigenvalue weighted by Crippen LogP contribution is 2.31. The molecular formula is C20H24ClN3O4. The minimum atomic E-state index is -0.808. The summed E-state index contributed by atoms with van der Waals surface area (Å²) in [5.41, 5.74) is 1.00. The number of imide groups is 1. The van der Waals surface area contributed by atoms with Crippen molar-refractivity contribution in [1.82, 2.24) is 4.90 Å². The van der Waals surface area contributed by atoms with Gasteiger partial charge in [-0.25, -0.2) is 4.90 Å². The van der Waals surface area contributed by atoms with E-state index in [1.807, 2.05) is 0 Å². The first-order valence-corrected chi connectivity index (χ1v) is 10.1. The van der Waals surface area contributed by atoms with Gasteiger partial charge in [0.15, 0.2) is 0 Å². The summed E-state index contributed by atoms with van der Waals surface area (Å²) in [6.07, 6.45) is 4.73. The van der Waals surface area contributed by atoms with E-state index in [0.29, 0.717) is 11.4 Å². The number of anilines is 2. The van der Waals surface area contributed by atoms with Gasteiger partial charge in [-0.2, -0.15) is 0 Å². The molecule has 0 bridgehead atoms. The van der Waals surface area contributed by atoms with Crippen LogP contribution in [0.3, 0.4) is 0 Å². The summed E-state index contributed by atoms with van der Waals surface area (Å²) >= 11 is 5.81. The number of hydrogen-bond acceptors (Lipinski definition) is 4. The number of nitrogens with one attached hydrogen (secondary N) is 1.